The van der Waals surface area contributed by atoms with Crippen LogP contribution in [0.5, 0.6) is 0 Å². The van der Waals surface area contributed by atoms with Crippen LogP contribution in [0, 0.1) is 0 Å². The minimum atomic E-state index is 0.0732. The molecule has 1 N–H and O–H groups in total. The molecule has 1 saturated carbocycles. The third kappa shape index (κ3) is 4.75. The lowest BCUT2D eigenvalue weighted by molar-refractivity contribution is -0.119. The predicted octanol–water partition coefficient (Wildman–Crippen LogP) is 0.386. The van der Waals surface area contributed by atoms with Gasteiger partial charge in [0.05, 0.1) is 12.3 Å². The lowest BCUT2D eigenvalue weighted by Crippen LogP contribution is -2.33. The van der Waals surface area contributed by atoms with E-state index in [1.807, 2.05) is 14.1 Å². The summed E-state index contributed by atoms with van der Waals surface area (Å²) in [5, 5.41) is 15.4. The molecule has 20 heavy (non-hydrogen) atoms. The van der Waals surface area contributed by atoms with Gasteiger partial charge in [-0.15, -0.1) is 5.10 Å². The molecule has 0 atom stereocenters. The van der Waals surface area contributed by atoms with Crippen molar-refractivity contribution in [3.63, 3.8) is 0 Å². The lowest BCUT2D eigenvalue weighted by atomic mass is 10.2. The van der Waals surface area contributed by atoms with Crippen LogP contribution in [-0.4, -0.2) is 63.4 Å². The molecule has 1 fully saturated rings. The van der Waals surface area contributed by atoms with Crippen molar-refractivity contribution in [3.05, 3.63) is 0 Å². The maximum absolute atomic E-state index is 11.9. The van der Waals surface area contributed by atoms with Crippen LogP contribution in [0.1, 0.15) is 25.7 Å². The van der Waals surface area contributed by atoms with Gasteiger partial charge in [0.2, 0.25) is 11.1 Å². The van der Waals surface area contributed by atoms with E-state index >= 15 is 0 Å². The number of tetrazole rings is 1. The summed E-state index contributed by atoms with van der Waals surface area (Å²) in [6.07, 6.45) is 4.66. The fraction of sp³-hybridized carbons (Fsp3) is 0.833. The minimum absolute atomic E-state index is 0.0732. The van der Waals surface area contributed by atoms with E-state index in [9.17, 15) is 4.79 Å². The molecule has 2 rings (SSSR count). The van der Waals surface area contributed by atoms with Gasteiger partial charge in [0.1, 0.15) is 0 Å². The highest BCUT2D eigenvalue weighted by Crippen LogP contribution is 2.18. The van der Waals surface area contributed by atoms with Crippen molar-refractivity contribution < 1.29 is 4.79 Å². The molecule has 1 aromatic rings. The first-order valence-electron chi connectivity index (χ1n) is 6.98. The van der Waals surface area contributed by atoms with Crippen molar-refractivity contribution in [1.82, 2.24) is 30.4 Å². The Morgan fingerprint density at radius 1 is 1.45 bits per heavy atom. The van der Waals surface area contributed by atoms with Gasteiger partial charge in [0, 0.05) is 12.6 Å². The molecular formula is C12H22N6OS. The van der Waals surface area contributed by atoms with Crippen LogP contribution < -0.4 is 5.32 Å². The van der Waals surface area contributed by atoms with E-state index in [1.165, 1.54) is 24.6 Å². The van der Waals surface area contributed by atoms with Gasteiger partial charge in [-0.1, -0.05) is 24.6 Å². The van der Waals surface area contributed by atoms with Crippen LogP contribution in [-0.2, 0) is 11.3 Å². The van der Waals surface area contributed by atoms with E-state index in [0.717, 1.165) is 25.9 Å². The average Bonchev–Trinajstić information content (AvgIpc) is 3.04. The molecule has 0 aliphatic heterocycles. The zero-order valence-electron chi connectivity index (χ0n) is 12.1. The Kier molecular flexibility index (Phi) is 5.78. The Balaban J connectivity index is 1.75. The molecule has 7 nitrogen and oxygen atoms in total. The molecule has 1 heterocycles. The Hall–Kier alpha value is -1.15. The van der Waals surface area contributed by atoms with Crippen LogP contribution >= 0.6 is 11.8 Å². The monoisotopic (exact) mass is 298 g/mol. The Morgan fingerprint density at radius 2 is 2.20 bits per heavy atom. The number of carbonyl (C=O) groups excluding carboxylic acids is 1. The molecule has 112 valence electrons. The molecule has 8 heteroatoms. The summed E-state index contributed by atoms with van der Waals surface area (Å²) in [6.45, 7) is 1.60. The highest BCUT2D eigenvalue weighted by atomic mass is 32.2. The number of thioether (sulfide) groups is 1. The van der Waals surface area contributed by atoms with Gasteiger partial charge in [-0.25, -0.2) is 4.68 Å². The first-order chi connectivity index (χ1) is 9.65. The quantitative estimate of drug-likeness (QED) is 0.734. The Labute approximate surface area is 123 Å². The first-order valence-corrected chi connectivity index (χ1v) is 7.97. The number of aromatic nitrogens is 4. The van der Waals surface area contributed by atoms with Crippen molar-refractivity contribution in [1.29, 1.82) is 0 Å². The summed E-state index contributed by atoms with van der Waals surface area (Å²) in [4.78, 5) is 13.9. The van der Waals surface area contributed by atoms with E-state index in [1.54, 1.807) is 4.68 Å². The summed E-state index contributed by atoms with van der Waals surface area (Å²) in [6, 6.07) is 0.368. The topological polar surface area (TPSA) is 75.9 Å². The predicted molar refractivity (Wildman–Crippen MR) is 77.5 cm³/mol. The van der Waals surface area contributed by atoms with E-state index in [-0.39, 0.29) is 5.91 Å². The zero-order chi connectivity index (χ0) is 14.4. The standard InChI is InChI=1S/C12H22N6OS/c1-17(2)7-8-18-12(14-15-16-18)20-9-11(19)13-10-5-3-4-6-10/h10H,3-9H2,1-2H3,(H,13,19). The van der Waals surface area contributed by atoms with Crippen molar-refractivity contribution in [3.8, 4) is 0 Å². The highest BCUT2D eigenvalue weighted by molar-refractivity contribution is 7.99. The lowest BCUT2D eigenvalue weighted by Gasteiger charge is -2.12. The van der Waals surface area contributed by atoms with Gasteiger partial charge in [-0.05, 0) is 37.4 Å². The van der Waals surface area contributed by atoms with E-state index in [0.29, 0.717) is 17.0 Å². The molecule has 0 unspecified atom stereocenters. The van der Waals surface area contributed by atoms with Crippen molar-refractivity contribution in [2.75, 3.05) is 26.4 Å². The van der Waals surface area contributed by atoms with E-state index in [4.69, 9.17) is 0 Å². The molecule has 0 radical (unpaired) electrons. The van der Waals surface area contributed by atoms with Gasteiger partial charge in [-0.3, -0.25) is 4.79 Å². The number of hydrogen-bond acceptors (Lipinski definition) is 6. The molecule has 0 saturated heterocycles. The minimum Gasteiger partial charge on any atom is -0.353 e. The molecule has 1 aromatic heterocycles. The van der Waals surface area contributed by atoms with Crippen LogP contribution in [0.4, 0.5) is 0 Å². The maximum atomic E-state index is 11.9. The molecule has 0 bridgehead atoms. The van der Waals surface area contributed by atoms with Gasteiger partial charge in [0.15, 0.2) is 0 Å². The van der Waals surface area contributed by atoms with Gasteiger partial charge in [-0.2, -0.15) is 0 Å². The number of carbonyl (C=O) groups is 1. The third-order valence-electron chi connectivity index (χ3n) is 3.31. The molecule has 0 aromatic carbocycles. The van der Waals surface area contributed by atoms with Gasteiger partial charge in [0.25, 0.3) is 0 Å². The van der Waals surface area contributed by atoms with E-state index < -0.39 is 0 Å². The van der Waals surface area contributed by atoms with Crippen LogP contribution in [0.15, 0.2) is 5.16 Å². The zero-order valence-corrected chi connectivity index (χ0v) is 12.9. The number of likely N-dealkylation sites (N-methyl/N-ethyl adjacent to an activating group) is 1. The highest BCUT2D eigenvalue weighted by Gasteiger charge is 2.17. The SMILES string of the molecule is CN(C)CCn1nnnc1SCC(=O)NC1CCCC1. The summed E-state index contributed by atoms with van der Waals surface area (Å²) in [5.41, 5.74) is 0. The van der Waals surface area contributed by atoms with Crippen LogP contribution in [0.2, 0.25) is 0 Å². The number of hydrogen-bond donors (Lipinski definition) is 1. The van der Waals surface area contributed by atoms with Crippen molar-refractivity contribution >= 4 is 17.7 Å². The van der Waals surface area contributed by atoms with Crippen molar-refractivity contribution in [2.45, 2.75) is 43.4 Å². The first kappa shape index (κ1) is 15.2. The Morgan fingerprint density at radius 3 is 2.90 bits per heavy atom. The van der Waals surface area contributed by atoms with Crippen LogP contribution in [0.3, 0.4) is 0 Å². The molecule has 1 aliphatic rings. The maximum Gasteiger partial charge on any atom is 0.230 e. The summed E-state index contributed by atoms with van der Waals surface area (Å²) >= 11 is 1.39. The molecular weight excluding hydrogens is 276 g/mol. The summed E-state index contributed by atoms with van der Waals surface area (Å²) < 4.78 is 1.74. The van der Waals surface area contributed by atoms with Crippen molar-refractivity contribution in [2.24, 2.45) is 0 Å². The third-order valence-corrected chi connectivity index (χ3v) is 4.27. The molecule has 0 spiro atoms. The van der Waals surface area contributed by atoms with Gasteiger partial charge < -0.3 is 10.2 Å². The van der Waals surface area contributed by atoms with Gasteiger partial charge >= 0.3 is 0 Å². The second kappa shape index (κ2) is 7.58. The smallest absolute Gasteiger partial charge is 0.230 e. The normalized spacial score (nSPS) is 15.9. The number of amides is 1. The molecule has 1 aliphatic carbocycles. The average molecular weight is 298 g/mol. The fourth-order valence-corrected chi connectivity index (χ4v) is 2.92. The Bertz CT molecular complexity index is 429. The van der Waals surface area contributed by atoms with E-state index in [2.05, 4.69) is 25.7 Å². The van der Waals surface area contributed by atoms with Crippen LogP contribution in [0.25, 0.3) is 0 Å². The number of nitrogens with zero attached hydrogens (tertiary/aromatic N) is 5. The second-order valence-electron chi connectivity index (χ2n) is 5.33. The summed E-state index contributed by atoms with van der Waals surface area (Å²) in [7, 11) is 4.01. The fourth-order valence-electron chi connectivity index (χ4n) is 2.20. The second-order valence-corrected chi connectivity index (χ2v) is 6.27. The molecule has 1 amide bonds. The largest absolute Gasteiger partial charge is 0.353 e. The summed E-state index contributed by atoms with van der Waals surface area (Å²) in [5.74, 6) is 0.447. The number of nitrogens with one attached hydrogen (secondary N) is 1. The number of rotatable bonds is 7.